The van der Waals surface area contributed by atoms with Gasteiger partial charge in [-0.05, 0) is 31.9 Å². The Hall–Kier alpha value is -1.95. The van der Waals surface area contributed by atoms with Crippen LogP contribution in [0.1, 0.15) is 30.1 Å². The van der Waals surface area contributed by atoms with E-state index in [-0.39, 0.29) is 17.4 Å². The number of rotatable bonds is 6. The van der Waals surface area contributed by atoms with Crippen LogP contribution in [0.25, 0.3) is 0 Å². The summed E-state index contributed by atoms with van der Waals surface area (Å²) in [4.78, 5) is 23.4. The van der Waals surface area contributed by atoms with Crippen LogP contribution in [0.15, 0.2) is 18.2 Å². The Morgan fingerprint density at radius 2 is 2.35 bits per heavy atom. The van der Waals surface area contributed by atoms with Gasteiger partial charge in [-0.25, -0.2) is 0 Å². The zero-order valence-electron chi connectivity index (χ0n) is 11.4. The normalized spacial score (nSPS) is 17.9. The molecular weight excluding hydrogens is 260 g/mol. The fourth-order valence-electron chi connectivity index (χ4n) is 2.45. The van der Waals surface area contributed by atoms with E-state index in [2.05, 4.69) is 4.90 Å². The van der Waals surface area contributed by atoms with Gasteiger partial charge < -0.3 is 9.64 Å². The Labute approximate surface area is 117 Å². The maximum atomic E-state index is 11.0. The van der Waals surface area contributed by atoms with Gasteiger partial charge in [-0.3, -0.25) is 14.9 Å². The summed E-state index contributed by atoms with van der Waals surface area (Å²) in [7, 11) is 0. The number of hydrogen-bond donors (Lipinski definition) is 0. The quantitative estimate of drug-likeness (QED) is 0.454. The van der Waals surface area contributed by atoms with Crippen molar-refractivity contribution in [3.63, 3.8) is 0 Å². The second kappa shape index (κ2) is 6.47. The number of benzene rings is 1. The molecule has 6 heteroatoms. The SMILES string of the molecule is CCN(CC1CCCO1)c1ccc([N+](=O)[O-])c(C=O)c1. The molecule has 1 fully saturated rings. The second-order valence-corrected chi connectivity index (χ2v) is 4.79. The number of carbonyl (C=O) groups excluding carboxylic acids is 1. The number of carbonyl (C=O) groups is 1. The van der Waals surface area contributed by atoms with E-state index in [0.29, 0.717) is 6.29 Å². The molecule has 0 N–H and O–H groups in total. The molecule has 2 rings (SSSR count). The van der Waals surface area contributed by atoms with Crippen LogP contribution in [0.2, 0.25) is 0 Å². The van der Waals surface area contributed by atoms with Gasteiger partial charge in [-0.2, -0.15) is 0 Å². The third-order valence-electron chi connectivity index (χ3n) is 3.53. The van der Waals surface area contributed by atoms with Crippen molar-refractivity contribution in [1.29, 1.82) is 0 Å². The Morgan fingerprint density at radius 3 is 2.90 bits per heavy atom. The van der Waals surface area contributed by atoms with Crippen LogP contribution in [0.3, 0.4) is 0 Å². The number of nitrogens with zero attached hydrogens (tertiary/aromatic N) is 2. The molecule has 1 aromatic rings. The number of ether oxygens (including phenoxy) is 1. The molecule has 0 aromatic heterocycles. The van der Waals surface area contributed by atoms with Gasteiger partial charge in [0.2, 0.25) is 0 Å². The minimum absolute atomic E-state index is 0.110. The fraction of sp³-hybridized carbons (Fsp3) is 0.500. The Kier molecular flexibility index (Phi) is 4.68. The number of aldehydes is 1. The summed E-state index contributed by atoms with van der Waals surface area (Å²) in [5.41, 5.74) is 0.769. The summed E-state index contributed by atoms with van der Waals surface area (Å²) in [6.07, 6.45) is 2.83. The highest BCUT2D eigenvalue weighted by Gasteiger charge is 2.20. The molecule has 0 saturated carbocycles. The highest BCUT2D eigenvalue weighted by Crippen LogP contribution is 2.25. The van der Waals surface area contributed by atoms with E-state index in [0.717, 1.165) is 38.2 Å². The van der Waals surface area contributed by atoms with E-state index >= 15 is 0 Å². The topological polar surface area (TPSA) is 72.7 Å². The zero-order valence-corrected chi connectivity index (χ0v) is 11.4. The Balaban J connectivity index is 2.20. The summed E-state index contributed by atoms with van der Waals surface area (Å²) < 4.78 is 5.61. The maximum Gasteiger partial charge on any atom is 0.280 e. The smallest absolute Gasteiger partial charge is 0.280 e. The molecule has 1 aliphatic rings. The second-order valence-electron chi connectivity index (χ2n) is 4.79. The van der Waals surface area contributed by atoms with Crippen molar-refractivity contribution < 1.29 is 14.5 Å². The van der Waals surface area contributed by atoms with Crippen LogP contribution in [0.4, 0.5) is 11.4 Å². The van der Waals surface area contributed by atoms with Gasteiger partial charge >= 0.3 is 0 Å². The number of anilines is 1. The first-order chi connectivity index (χ1) is 9.65. The van der Waals surface area contributed by atoms with Crippen molar-refractivity contribution in [2.24, 2.45) is 0 Å². The molecule has 1 atom stereocenters. The monoisotopic (exact) mass is 278 g/mol. The third-order valence-corrected chi connectivity index (χ3v) is 3.53. The highest BCUT2D eigenvalue weighted by atomic mass is 16.6. The summed E-state index contributed by atoms with van der Waals surface area (Å²) in [5, 5.41) is 10.8. The van der Waals surface area contributed by atoms with E-state index in [4.69, 9.17) is 4.74 Å². The zero-order chi connectivity index (χ0) is 14.5. The van der Waals surface area contributed by atoms with Gasteiger partial charge in [0.1, 0.15) is 0 Å². The van der Waals surface area contributed by atoms with Crippen molar-refractivity contribution in [3.05, 3.63) is 33.9 Å². The molecule has 6 nitrogen and oxygen atoms in total. The molecule has 1 unspecified atom stereocenters. The predicted octanol–water partition coefficient (Wildman–Crippen LogP) is 2.41. The largest absolute Gasteiger partial charge is 0.376 e. The van der Waals surface area contributed by atoms with Crippen LogP contribution in [-0.2, 0) is 4.74 Å². The van der Waals surface area contributed by atoms with Gasteiger partial charge in [0, 0.05) is 31.5 Å². The standard InChI is InChI=1S/C14H18N2O4/c1-2-15(9-13-4-3-7-20-13)12-5-6-14(16(18)19)11(8-12)10-17/h5-6,8,10,13H,2-4,7,9H2,1H3. The maximum absolute atomic E-state index is 11.0. The summed E-state index contributed by atoms with van der Waals surface area (Å²) >= 11 is 0. The van der Waals surface area contributed by atoms with E-state index in [9.17, 15) is 14.9 Å². The fourth-order valence-corrected chi connectivity index (χ4v) is 2.45. The minimum Gasteiger partial charge on any atom is -0.376 e. The molecule has 1 aromatic carbocycles. The average Bonchev–Trinajstić information content (AvgIpc) is 2.96. The van der Waals surface area contributed by atoms with Gasteiger partial charge in [0.05, 0.1) is 16.6 Å². The predicted molar refractivity (Wildman–Crippen MR) is 75.3 cm³/mol. The summed E-state index contributed by atoms with van der Waals surface area (Å²) in [6.45, 7) is 4.31. The third kappa shape index (κ3) is 3.14. The lowest BCUT2D eigenvalue weighted by atomic mass is 10.1. The van der Waals surface area contributed by atoms with Gasteiger partial charge in [-0.15, -0.1) is 0 Å². The van der Waals surface area contributed by atoms with E-state index < -0.39 is 4.92 Å². The van der Waals surface area contributed by atoms with Gasteiger partial charge in [0.25, 0.3) is 5.69 Å². The van der Waals surface area contributed by atoms with Gasteiger partial charge in [-0.1, -0.05) is 0 Å². The lowest BCUT2D eigenvalue weighted by Gasteiger charge is -2.26. The van der Waals surface area contributed by atoms with E-state index in [1.54, 1.807) is 12.1 Å². The van der Waals surface area contributed by atoms with Crippen molar-refractivity contribution in [1.82, 2.24) is 0 Å². The molecule has 108 valence electrons. The van der Waals surface area contributed by atoms with Crippen LogP contribution in [0, 0.1) is 10.1 Å². The molecule has 0 aliphatic carbocycles. The first kappa shape index (κ1) is 14.5. The highest BCUT2D eigenvalue weighted by molar-refractivity contribution is 5.83. The molecule has 0 radical (unpaired) electrons. The lowest BCUT2D eigenvalue weighted by Crippen LogP contribution is -2.32. The molecule has 0 spiro atoms. The molecule has 1 saturated heterocycles. The van der Waals surface area contributed by atoms with Crippen molar-refractivity contribution in [2.75, 3.05) is 24.6 Å². The molecule has 1 aliphatic heterocycles. The number of likely N-dealkylation sites (N-methyl/N-ethyl adjacent to an activating group) is 1. The Morgan fingerprint density at radius 1 is 1.55 bits per heavy atom. The van der Waals surface area contributed by atoms with Crippen molar-refractivity contribution in [3.8, 4) is 0 Å². The van der Waals surface area contributed by atoms with E-state index in [1.165, 1.54) is 6.07 Å². The minimum atomic E-state index is -0.538. The summed E-state index contributed by atoms with van der Waals surface area (Å²) in [6, 6.07) is 4.64. The van der Waals surface area contributed by atoms with E-state index in [1.807, 2.05) is 6.92 Å². The van der Waals surface area contributed by atoms with Crippen molar-refractivity contribution >= 4 is 17.7 Å². The molecule has 1 heterocycles. The Bertz CT molecular complexity index is 498. The number of hydrogen-bond acceptors (Lipinski definition) is 5. The van der Waals surface area contributed by atoms with Crippen LogP contribution in [0.5, 0.6) is 0 Å². The van der Waals surface area contributed by atoms with Crippen LogP contribution < -0.4 is 4.90 Å². The van der Waals surface area contributed by atoms with Gasteiger partial charge in [0.15, 0.2) is 6.29 Å². The van der Waals surface area contributed by atoms with Crippen LogP contribution in [-0.4, -0.2) is 37.0 Å². The van der Waals surface area contributed by atoms with Crippen molar-refractivity contribution in [2.45, 2.75) is 25.9 Å². The first-order valence-electron chi connectivity index (χ1n) is 6.76. The number of nitro benzene ring substituents is 1. The molecule has 0 amide bonds. The lowest BCUT2D eigenvalue weighted by molar-refractivity contribution is -0.385. The molecular formula is C14H18N2O4. The molecule has 20 heavy (non-hydrogen) atoms. The molecule has 0 bridgehead atoms. The first-order valence-corrected chi connectivity index (χ1v) is 6.76. The number of nitro groups is 1. The summed E-state index contributed by atoms with van der Waals surface area (Å²) in [5.74, 6) is 0. The average molecular weight is 278 g/mol. The van der Waals surface area contributed by atoms with Crippen LogP contribution >= 0.6 is 0 Å².